The number of hydrogen-bond donors (Lipinski definition) is 1. The first-order valence-electron chi connectivity index (χ1n) is 7.81. The highest BCUT2D eigenvalue weighted by Crippen LogP contribution is 2.29. The number of rotatable bonds is 5. The third-order valence-electron chi connectivity index (χ3n) is 3.95. The smallest absolute Gasteiger partial charge is 0.477 e. The first-order valence-corrected chi connectivity index (χ1v) is 8.69. The molecule has 0 aliphatic carbocycles. The van der Waals surface area contributed by atoms with Crippen LogP contribution >= 0.6 is 11.3 Å². The van der Waals surface area contributed by atoms with Crippen LogP contribution < -0.4 is 4.74 Å². The van der Waals surface area contributed by atoms with E-state index < -0.39 is 18.4 Å². The van der Waals surface area contributed by atoms with E-state index in [4.69, 9.17) is 4.74 Å². The molecule has 1 fully saturated rings. The fourth-order valence-electron chi connectivity index (χ4n) is 2.85. The molecule has 3 rings (SSSR count). The average molecular weight is 387 g/mol. The van der Waals surface area contributed by atoms with Gasteiger partial charge in [0.15, 0.2) is 0 Å². The van der Waals surface area contributed by atoms with Crippen LogP contribution in [0.25, 0.3) is 0 Å². The maximum absolute atomic E-state index is 12.4. The highest BCUT2D eigenvalue weighted by atomic mass is 32.1. The van der Waals surface area contributed by atoms with Crippen molar-refractivity contribution in [3.8, 4) is 5.75 Å². The number of carboxylic acids is 1. The predicted octanol–water partition coefficient (Wildman–Crippen LogP) is 3.92. The largest absolute Gasteiger partial charge is 0.573 e. The fraction of sp³-hybridized carbons (Fsp3) is 0.353. The third-order valence-corrected chi connectivity index (χ3v) is 4.89. The molecule has 1 saturated heterocycles. The van der Waals surface area contributed by atoms with Crippen molar-refractivity contribution in [3.05, 3.63) is 51.7 Å². The Kier molecular flexibility index (Phi) is 5.49. The number of thiophene rings is 1. The molecule has 0 radical (unpaired) electrons. The Morgan fingerprint density at radius 1 is 1.38 bits per heavy atom. The summed E-state index contributed by atoms with van der Waals surface area (Å²) < 4.78 is 46.8. The van der Waals surface area contributed by atoms with Gasteiger partial charge in [-0.15, -0.1) is 24.5 Å². The summed E-state index contributed by atoms with van der Waals surface area (Å²) >= 11 is 1.17. The highest BCUT2D eigenvalue weighted by molar-refractivity contribution is 7.12. The number of alkyl halides is 3. The van der Waals surface area contributed by atoms with Crippen molar-refractivity contribution < 1.29 is 32.5 Å². The fourth-order valence-corrected chi connectivity index (χ4v) is 3.60. The van der Waals surface area contributed by atoms with E-state index in [1.165, 1.54) is 29.5 Å². The van der Waals surface area contributed by atoms with Gasteiger partial charge >= 0.3 is 12.3 Å². The Morgan fingerprint density at radius 2 is 2.19 bits per heavy atom. The molecule has 1 atom stereocenters. The van der Waals surface area contributed by atoms with E-state index in [1.807, 2.05) is 4.90 Å². The Balaban J connectivity index is 1.69. The summed E-state index contributed by atoms with van der Waals surface area (Å²) in [5.41, 5.74) is 1.30. The van der Waals surface area contributed by atoms with E-state index in [0.29, 0.717) is 36.7 Å². The number of hydrogen-bond acceptors (Lipinski definition) is 5. The molecule has 0 bridgehead atoms. The minimum Gasteiger partial charge on any atom is -0.477 e. The Morgan fingerprint density at radius 3 is 2.92 bits per heavy atom. The molecule has 0 amide bonds. The number of carbonyl (C=O) groups is 1. The monoisotopic (exact) mass is 387 g/mol. The van der Waals surface area contributed by atoms with Gasteiger partial charge in [0.25, 0.3) is 0 Å². The maximum Gasteiger partial charge on any atom is 0.573 e. The molecular weight excluding hydrogens is 371 g/mol. The molecule has 1 aromatic carbocycles. The zero-order valence-corrected chi connectivity index (χ0v) is 14.3. The lowest BCUT2D eigenvalue weighted by Gasteiger charge is -2.33. The predicted molar refractivity (Wildman–Crippen MR) is 88.4 cm³/mol. The minimum absolute atomic E-state index is 0.290. The van der Waals surface area contributed by atoms with E-state index in [1.54, 1.807) is 17.5 Å². The van der Waals surface area contributed by atoms with E-state index in [-0.39, 0.29) is 5.75 Å². The van der Waals surface area contributed by atoms with E-state index >= 15 is 0 Å². The summed E-state index contributed by atoms with van der Waals surface area (Å²) in [6.45, 7) is 1.92. The van der Waals surface area contributed by atoms with Gasteiger partial charge in [0.1, 0.15) is 10.6 Å². The van der Waals surface area contributed by atoms with Crippen LogP contribution in [0.15, 0.2) is 35.7 Å². The van der Waals surface area contributed by atoms with Crippen LogP contribution in [0.2, 0.25) is 0 Å². The van der Waals surface area contributed by atoms with Gasteiger partial charge in [-0.1, -0.05) is 12.1 Å². The molecule has 1 unspecified atom stereocenters. The van der Waals surface area contributed by atoms with Crippen molar-refractivity contribution in [2.75, 3.05) is 19.7 Å². The van der Waals surface area contributed by atoms with Gasteiger partial charge in [0.05, 0.1) is 12.7 Å². The van der Waals surface area contributed by atoms with Crippen LogP contribution in [0, 0.1) is 0 Å². The molecule has 5 nitrogen and oxygen atoms in total. The van der Waals surface area contributed by atoms with Crippen molar-refractivity contribution >= 4 is 17.3 Å². The van der Waals surface area contributed by atoms with Crippen LogP contribution in [0.1, 0.15) is 26.9 Å². The zero-order chi connectivity index (χ0) is 18.7. The van der Waals surface area contributed by atoms with Crippen LogP contribution in [0.5, 0.6) is 5.75 Å². The summed E-state index contributed by atoms with van der Waals surface area (Å²) in [4.78, 5) is 13.6. The molecule has 0 spiro atoms. The molecule has 2 aromatic rings. The summed E-state index contributed by atoms with van der Waals surface area (Å²) in [6, 6.07) is 7.50. The van der Waals surface area contributed by atoms with Gasteiger partial charge in [-0.05, 0) is 34.7 Å². The molecule has 1 N–H and O–H groups in total. The summed E-state index contributed by atoms with van der Waals surface area (Å²) in [6.07, 6.45) is -5.16. The molecule has 26 heavy (non-hydrogen) atoms. The standard InChI is InChI=1S/C17H16F3NO4S/c18-17(19,20)25-13-3-1-2-11(8-13)14-10-21(5-6-24-14)9-12-4-7-26-15(12)16(22)23/h1-4,7-8,14H,5-6,9-10H2,(H,22,23). The quantitative estimate of drug-likeness (QED) is 0.843. The van der Waals surface area contributed by atoms with Gasteiger partial charge in [-0.25, -0.2) is 4.79 Å². The zero-order valence-electron chi connectivity index (χ0n) is 13.5. The molecule has 1 aliphatic heterocycles. The molecule has 1 aliphatic rings. The highest BCUT2D eigenvalue weighted by Gasteiger charge is 2.31. The summed E-state index contributed by atoms with van der Waals surface area (Å²) in [7, 11) is 0. The second-order valence-electron chi connectivity index (χ2n) is 5.79. The second-order valence-corrected chi connectivity index (χ2v) is 6.71. The van der Waals surface area contributed by atoms with E-state index in [0.717, 1.165) is 5.56 Å². The van der Waals surface area contributed by atoms with Crippen molar-refractivity contribution in [1.82, 2.24) is 4.90 Å². The summed E-state index contributed by atoms with van der Waals surface area (Å²) in [5.74, 6) is -1.25. The third kappa shape index (κ3) is 4.75. The number of carboxylic acid groups (broad SMARTS) is 1. The van der Waals surface area contributed by atoms with Crippen molar-refractivity contribution in [3.63, 3.8) is 0 Å². The van der Waals surface area contributed by atoms with Crippen LogP contribution in [-0.2, 0) is 11.3 Å². The van der Waals surface area contributed by atoms with Gasteiger partial charge in [0, 0.05) is 19.6 Å². The lowest BCUT2D eigenvalue weighted by atomic mass is 10.1. The van der Waals surface area contributed by atoms with Gasteiger partial charge in [-0.3, -0.25) is 4.90 Å². The number of ether oxygens (including phenoxy) is 2. The number of benzene rings is 1. The Labute approximate surface area is 151 Å². The van der Waals surface area contributed by atoms with Crippen LogP contribution in [0.4, 0.5) is 13.2 Å². The van der Waals surface area contributed by atoms with Crippen LogP contribution in [-0.4, -0.2) is 42.0 Å². The molecule has 1 aromatic heterocycles. The van der Waals surface area contributed by atoms with Crippen molar-refractivity contribution in [2.45, 2.75) is 19.0 Å². The second kappa shape index (κ2) is 7.65. The molecule has 140 valence electrons. The first-order chi connectivity index (χ1) is 12.3. The van der Waals surface area contributed by atoms with E-state index in [9.17, 15) is 23.1 Å². The maximum atomic E-state index is 12.4. The molecule has 0 saturated carbocycles. The van der Waals surface area contributed by atoms with Crippen molar-refractivity contribution in [1.29, 1.82) is 0 Å². The van der Waals surface area contributed by atoms with Crippen LogP contribution in [0.3, 0.4) is 0 Å². The van der Waals surface area contributed by atoms with Gasteiger partial charge < -0.3 is 14.6 Å². The number of morpholine rings is 1. The normalized spacial score (nSPS) is 18.7. The first kappa shape index (κ1) is 18.7. The Bertz CT molecular complexity index is 777. The lowest BCUT2D eigenvalue weighted by Crippen LogP contribution is -2.38. The number of aromatic carboxylic acids is 1. The number of nitrogens with zero attached hydrogens (tertiary/aromatic N) is 1. The topological polar surface area (TPSA) is 59.0 Å². The lowest BCUT2D eigenvalue weighted by molar-refractivity contribution is -0.274. The van der Waals surface area contributed by atoms with E-state index in [2.05, 4.69) is 4.74 Å². The molecule has 9 heteroatoms. The minimum atomic E-state index is -4.75. The molecule has 2 heterocycles. The average Bonchev–Trinajstić information content (AvgIpc) is 3.02. The van der Waals surface area contributed by atoms with Gasteiger partial charge in [-0.2, -0.15) is 0 Å². The van der Waals surface area contributed by atoms with Crippen molar-refractivity contribution in [2.24, 2.45) is 0 Å². The summed E-state index contributed by atoms with van der Waals surface area (Å²) in [5, 5.41) is 10.9. The SMILES string of the molecule is O=C(O)c1sccc1CN1CCOC(c2cccc(OC(F)(F)F)c2)C1. The molecular formula is C17H16F3NO4S. The Hall–Kier alpha value is -2.10. The number of halogens is 3. The van der Waals surface area contributed by atoms with Gasteiger partial charge in [0.2, 0.25) is 0 Å².